The molecule has 0 spiro atoms. The molecule has 0 aromatic carbocycles. The number of phosphoric ester groups is 1. The van der Waals surface area contributed by atoms with E-state index in [9.17, 15) is 24.2 Å². The fraction of sp³-hybridized carbons (Fsp3) is 0.682. The van der Waals surface area contributed by atoms with E-state index in [1.54, 1.807) is 0 Å². The first-order valence-corrected chi connectivity index (χ1v) is 22.4. The molecule has 0 amide bonds. The van der Waals surface area contributed by atoms with Crippen molar-refractivity contribution in [3.63, 3.8) is 0 Å². The molecule has 0 fully saturated rings. The molecule has 0 bridgehead atoms. The summed E-state index contributed by atoms with van der Waals surface area (Å²) in [5, 5.41) is 18.3. The van der Waals surface area contributed by atoms with Crippen LogP contribution in [-0.2, 0) is 32.7 Å². The van der Waals surface area contributed by atoms with E-state index in [4.69, 9.17) is 19.1 Å². The van der Waals surface area contributed by atoms with Gasteiger partial charge in [0.25, 0.3) is 0 Å². The Hall–Kier alpha value is -2.59. The number of ether oxygens (including phenoxy) is 2. The van der Waals surface area contributed by atoms with Gasteiger partial charge in [-0.2, -0.15) is 0 Å². The summed E-state index contributed by atoms with van der Waals surface area (Å²) in [5.41, 5.74) is 0. The molecule has 10 nitrogen and oxygen atoms in total. The van der Waals surface area contributed by atoms with Crippen LogP contribution in [0.3, 0.4) is 0 Å². The summed E-state index contributed by atoms with van der Waals surface area (Å²) >= 11 is 0. The van der Waals surface area contributed by atoms with Crippen molar-refractivity contribution < 1.29 is 47.8 Å². The Balaban J connectivity index is 4.46. The molecule has 0 aromatic heterocycles. The molecule has 0 aromatic rings. The lowest BCUT2D eigenvalue weighted by molar-refractivity contribution is -0.161. The van der Waals surface area contributed by atoms with Gasteiger partial charge in [-0.25, -0.2) is 4.57 Å². The normalized spacial score (nSPS) is 14.6. The number of aliphatic hydroxyl groups is 2. The summed E-state index contributed by atoms with van der Waals surface area (Å²) in [6, 6.07) is 0. The quantitative estimate of drug-likeness (QED) is 0.0239. The summed E-state index contributed by atoms with van der Waals surface area (Å²) in [5.74, 6) is -1.02. The lowest BCUT2D eigenvalue weighted by Gasteiger charge is -2.20. The second-order valence-corrected chi connectivity index (χ2v) is 15.1. The highest BCUT2D eigenvalue weighted by atomic mass is 31.2. The monoisotopic (exact) mass is 795 g/mol. The molecule has 3 N–H and O–H groups in total. The number of carbonyl (C=O) groups excluding carboxylic acids is 2. The number of phosphoric acid groups is 1. The Kier molecular flexibility index (Phi) is 37.8. The first kappa shape index (κ1) is 52.4. The predicted molar refractivity (Wildman–Crippen MR) is 223 cm³/mol. The second kappa shape index (κ2) is 39.6. The van der Waals surface area contributed by atoms with Crippen molar-refractivity contribution in [2.75, 3.05) is 26.4 Å². The van der Waals surface area contributed by atoms with Crippen LogP contribution in [0.4, 0.5) is 0 Å². The van der Waals surface area contributed by atoms with Gasteiger partial charge >= 0.3 is 19.8 Å². The van der Waals surface area contributed by atoms with Gasteiger partial charge in [-0.15, -0.1) is 0 Å². The first-order chi connectivity index (χ1) is 26.7. The highest BCUT2D eigenvalue weighted by molar-refractivity contribution is 7.47. The fourth-order valence-electron chi connectivity index (χ4n) is 5.14. The molecule has 0 saturated heterocycles. The summed E-state index contributed by atoms with van der Waals surface area (Å²) in [7, 11) is -4.64. The topological polar surface area (TPSA) is 149 Å². The maximum Gasteiger partial charge on any atom is 0.472 e. The molecule has 3 atom stereocenters. The van der Waals surface area contributed by atoms with Crippen LogP contribution in [0.1, 0.15) is 155 Å². The number of allylic oxidation sites excluding steroid dienone is 12. The fourth-order valence-corrected chi connectivity index (χ4v) is 5.93. The summed E-state index contributed by atoms with van der Waals surface area (Å²) in [6.45, 7) is 2.16. The molecule has 55 heavy (non-hydrogen) atoms. The van der Waals surface area contributed by atoms with Crippen LogP contribution < -0.4 is 0 Å². The second-order valence-electron chi connectivity index (χ2n) is 13.6. The van der Waals surface area contributed by atoms with Crippen LogP contribution in [0.5, 0.6) is 0 Å². The molecule has 0 aliphatic rings. The number of hydrogen-bond donors (Lipinski definition) is 3. The van der Waals surface area contributed by atoms with E-state index in [1.807, 2.05) is 12.2 Å². The van der Waals surface area contributed by atoms with Crippen LogP contribution in [0.25, 0.3) is 0 Å². The maximum atomic E-state index is 12.6. The number of aliphatic hydroxyl groups excluding tert-OH is 2. The largest absolute Gasteiger partial charge is 0.472 e. The Bertz CT molecular complexity index is 1140. The third-order valence-electron chi connectivity index (χ3n) is 8.34. The molecule has 0 saturated carbocycles. The molecule has 0 rings (SSSR count). The lowest BCUT2D eigenvalue weighted by atomic mass is 10.1. The van der Waals surface area contributed by atoms with E-state index in [0.717, 1.165) is 51.4 Å². The van der Waals surface area contributed by atoms with E-state index in [2.05, 4.69) is 79.1 Å². The van der Waals surface area contributed by atoms with Gasteiger partial charge in [-0.3, -0.25) is 18.6 Å². The lowest BCUT2D eigenvalue weighted by Crippen LogP contribution is -2.29. The van der Waals surface area contributed by atoms with E-state index < -0.39 is 51.8 Å². The molecule has 316 valence electrons. The first-order valence-electron chi connectivity index (χ1n) is 20.9. The summed E-state index contributed by atoms with van der Waals surface area (Å²) < 4.78 is 32.6. The average Bonchev–Trinajstić information content (AvgIpc) is 3.17. The van der Waals surface area contributed by atoms with Crippen molar-refractivity contribution in [3.05, 3.63) is 72.9 Å². The standard InChI is InChI=1S/C44H75O10P/c1-3-5-7-9-11-13-15-17-19-20-22-24-26-28-30-32-34-36-44(48)54-42(40-53-55(49,50)52-38-41(46)37-45)39-51-43(47)35-33-31-29-27-25-23-21-18-16-14-12-10-8-6-4-2/h5,7,11,13,17,19,22,24-25,27-28,30,41-42,45-46H,3-4,6,8-10,12,14-16,18,20-21,23,26,29,31-40H2,1-2H3,(H,49,50)/b7-5+,13-11+,19-17+,24-22+,27-25+,30-28+/t41-,42+/m0/s1. The minimum Gasteiger partial charge on any atom is -0.462 e. The molecular weight excluding hydrogens is 719 g/mol. The van der Waals surface area contributed by atoms with Crippen molar-refractivity contribution >= 4 is 19.8 Å². The van der Waals surface area contributed by atoms with Crippen LogP contribution in [0.15, 0.2) is 72.9 Å². The Morgan fingerprint density at radius 1 is 0.564 bits per heavy atom. The van der Waals surface area contributed by atoms with Crippen LogP contribution in [-0.4, -0.2) is 65.7 Å². The van der Waals surface area contributed by atoms with Gasteiger partial charge in [-0.1, -0.05) is 138 Å². The maximum absolute atomic E-state index is 12.6. The van der Waals surface area contributed by atoms with Crippen LogP contribution in [0, 0.1) is 0 Å². The van der Waals surface area contributed by atoms with Crippen molar-refractivity contribution in [1.82, 2.24) is 0 Å². The zero-order valence-electron chi connectivity index (χ0n) is 34.1. The smallest absolute Gasteiger partial charge is 0.462 e. The van der Waals surface area contributed by atoms with Crippen molar-refractivity contribution in [2.45, 2.75) is 167 Å². The molecular formula is C44H75O10P. The minimum atomic E-state index is -4.64. The molecule has 0 radical (unpaired) electrons. The highest BCUT2D eigenvalue weighted by Gasteiger charge is 2.27. The Labute approximate surface area is 333 Å². The van der Waals surface area contributed by atoms with Gasteiger partial charge in [-0.05, 0) is 77.0 Å². The number of carbonyl (C=O) groups is 2. The highest BCUT2D eigenvalue weighted by Crippen LogP contribution is 2.43. The average molecular weight is 795 g/mol. The zero-order valence-corrected chi connectivity index (χ0v) is 35.0. The SMILES string of the molecule is CC/C=C/C/C=C/C/C=C/C/C=C/C/C=C/CCCC(=O)O[C@H](COC(=O)CCCC/C=C/CCCCCCCCCCC)COP(=O)(O)OC[C@@H](O)CO. The third kappa shape index (κ3) is 39.4. The van der Waals surface area contributed by atoms with Crippen molar-refractivity contribution in [2.24, 2.45) is 0 Å². The van der Waals surface area contributed by atoms with Gasteiger partial charge in [0, 0.05) is 12.8 Å². The van der Waals surface area contributed by atoms with E-state index in [0.29, 0.717) is 19.3 Å². The van der Waals surface area contributed by atoms with E-state index >= 15 is 0 Å². The minimum absolute atomic E-state index is 0.0986. The van der Waals surface area contributed by atoms with E-state index in [1.165, 1.54) is 57.8 Å². The Morgan fingerprint density at radius 2 is 1.02 bits per heavy atom. The summed E-state index contributed by atoms with van der Waals surface area (Å²) in [4.78, 5) is 34.9. The van der Waals surface area contributed by atoms with Crippen LogP contribution >= 0.6 is 7.82 Å². The van der Waals surface area contributed by atoms with Crippen molar-refractivity contribution in [1.29, 1.82) is 0 Å². The summed E-state index contributed by atoms with van der Waals surface area (Å²) in [6.07, 6.45) is 44.5. The third-order valence-corrected chi connectivity index (χ3v) is 9.30. The zero-order chi connectivity index (χ0) is 40.5. The van der Waals surface area contributed by atoms with Gasteiger partial charge in [0.05, 0.1) is 19.8 Å². The van der Waals surface area contributed by atoms with Gasteiger partial charge in [0.2, 0.25) is 0 Å². The van der Waals surface area contributed by atoms with Gasteiger partial charge < -0.3 is 24.6 Å². The molecule has 0 aliphatic heterocycles. The molecule has 1 unspecified atom stereocenters. The van der Waals surface area contributed by atoms with Gasteiger partial charge in [0.15, 0.2) is 6.10 Å². The molecule has 0 heterocycles. The number of hydrogen-bond acceptors (Lipinski definition) is 9. The molecule has 0 aliphatic carbocycles. The molecule has 11 heteroatoms. The Morgan fingerprint density at radius 3 is 1.58 bits per heavy atom. The van der Waals surface area contributed by atoms with E-state index in [-0.39, 0.29) is 19.4 Å². The van der Waals surface area contributed by atoms with Gasteiger partial charge in [0.1, 0.15) is 12.7 Å². The van der Waals surface area contributed by atoms with Crippen molar-refractivity contribution in [3.8, 4) is 0 Å². The number of esters is 2. The van der Waals surface area contributed by atoms with Crippen LogP contribution in [0.2, 0.25) is 0 Å². The number of rotatable bonds is 38. The predicted octanol–water partition coefficient (Wildman–Crippen LogP) is 10.9. The number of unbranched alkanes of at least 4 members (excludes halogenated alkanes) is 12.